The number of anilines is 1. The molecule has 7 nitrogen and oxygen atoms in total. The zero-order valence-electron chi connectivity index (χ0n) is 19.3. The van der Waals surface area contributed by atoms with E-state index in [0.717, 1.165) is 40.9 Å². The lowest BCUT2D eigenvalue weighted by atomic mass is 10.1. The first kappa shape index (κ1) is 27.0. The fraction of sp³-hybridized carbons (Fsp3) is 0.478. The van der Waals surface area contributed by atoms with Crippen LogP contribution in [0.2, 0.25) is 0 Å². The molecule has 2 aromatic rings. The van der Waals surface area contributed by atoms with Crippen LogP contribution in [0.3, 0.4) is 0 Å². The van der Waals surface area contributed by atoms with Crippen molar-refractivity contribution < 1.29 is 9.47 Å². The molecular weight excluding hydrogens is 505 g/mol. The Bertz CT molecular complexity index is 814. The second-order valence-electron chi connectivity index (χ2n) is 7.09. The molecule has 1 heterocycles. The maximum absolute atomic E-state index is 5.93. The van der Waals surface area contributed by atoms with E-state index in [1.165, 1.54) is 0 Å². The van der Waals surface area contributed by atoms with Crippen molar-refractivity contribution in [3.8, 4) is 5.75 Å². The van der Waals surface area contributed by atoms with Crippen LogP contribution in [0.1, 0.15) is 30.7 Å². The third-order valence-corrected chi connectivity index (χ3v) is 4.35. The van der Waals surface area contributed by atoms with Gasteiger partial charge in [-0.1, -0.05) is 18.2 Å². The van der Waals surface area contributed by atoms with E-state index in [4.69, 9.17) is 14.5 Å². The number of rotatable bonds is 11. The van der Waals surface area contributed by atoms with Crippen molar-refractivity contribution in [2.45, 2.75) is 33.9 Å². The number of benzene rings is 1. The van der Waals surface area contributed by atoms with Crippen LogP contribution in [0.5, 0.6) is 5.75 Å². The number of hydrogen-bond acceptors (Lipinski definition) is 5. The number of nitrogens with one attached hydrogen (secondary N) is 2. The SMILES string of the molecule is CCNC(=NCc1ccc(C)cc1OCCOCC)NCc1cccc(N(C)C)n1.I. The summed E-state index contributed by atoms with van der Waals surface area (Å²) in [5.41, 5.74) is 3.16. The van der Waals surface area contributed by atoms with E-state index in [1.807, 2.05) is 50.2 Å². The normalized spacial score (nSPS) is 10.9. The zero-order chi connectivity index (χ0) is 21.8. The number of aliphatic imine (C=N–C) groups is 1. The number of guanidine groups is 1. The summed E-state index contributed by atoms with van der Waals surface area (Å²) >= 11 is 0. The lowest BCUT2D eigenvalue weighted by Gasteiger charge is -2.15. The summed E-state index contributed by atoms with van der Waals surface area (Å²) in [6.45, 7) is 9.79. The van der Waals surface area contributed by atoms with Crippen LogP contribution in [-0.4, -0.2) is 51.4 Å². The monoisotopic (exact) mass is 541 g/mol. The Labute approximate surface area is 203 Å². The number of ether oxygens (including phenoxy) is 2. The third-order valence-electron chi connectivity index (χ3n) is 4.35. The molecule has 0 aliphatic rings. The number of nitrogens with zero attached hydrogens (tertiary/aromatic N) is 3. The van der Waals surface area contributed by atoms with Gasteiger partial charge in [0.15, 0.2) is 5.96 Å². The van der Waals surface area contributed by atoms with Gasteiger partial charge in [-0.15, -0.1) is 24.0 Å². The highest BCUT2D eigenvalue weighted by molar-refractivity contribution is 14.0. The summed E-state index contributed by atoms with van der Waals surface area (Å²) in [5, 5.41) is 6.65. The highest BCUT2D eigenvalue weighted by atomic mass is 127. The van der Waals surface area contributed by atoms with Gasteiger partial charge in [0.1, 0.15) is 18.2 Å². The van der Waals surface area contributed by atoms with E-state index in [0.29, 0.717) is 32.9 Å². The van der Waals surface area contributed by atoms with Crippen LogP contribution in [0, 0.1) is 6.92 Å². The molecule has 0 saturated carbocycles. The minimum absolute atomic E-state index is 0. The van der Waals surface area contributed by atoms with Gasteiger partial charge >= 0.3 is 0 Å². The molecule has 0 spiro atoms. The Hall–Kier alpha value is -2.07. The number of pyridine rings is 1. The van der Waals surface area contributed by atoms with Crippen molar-refractivity contribution >= 4 is 35.8 Å². The molecule has 0 saturated heterocycles. The average Bonchev–Trinajstić information content (AvgIpc) is 2.74. The molecule has 0 bridgehead atoms. The standard InChI is InChI=1S/C23H35N5O2.HI/c1-6-24-23(26-17-20-9-8-10-22(27-20)28(4)5)25-16-19-12-11-18(3)15-21(19)30-14-13-29-7-2;/h8-12,15H,6-7,13-14,16-17H2,1-5H3,(H2,24,25,26);1H. The Balaban J connectivity index is 0.00000480. The molecule has 31 heavy (non-hydrogen) atoms. The van der Waals surface area contributed by atoms with Gasteiger partial charge in [0, 0.05) is 32.8 Å². The summed E-state index contributed by atoms with van der Waals surface area (Å²) in [6, 6.07) is 12.2. The third kappa shape index (κ3) is 9.73. The molecule has 1 aromatic heterocycles. The molecule has 1 aromatic carbocycles. The van der Waals surface area contributed by atoms with Gasteiger partial charge < -0.3 is 25.0 Å². The minimum Gasteiger partial charge on any atom is -0.491 e. The average molecular weight is 541 g/mol. The molecule has 2 N–H and O–H groups in total. The van der Waals surface area contributed by atoms with Gasteiger partial charge in [0.05, 0.1) is 25.4 Å². The van der Waals surface area contributed by atoms with Gasteiger partial charge in [-0.2, -0.15) is 0 Å². The van der Waals surface area contributed by atoms with E-state index in [-0.39, 0.29) is 24.0 Å². The smallest absolute Gasteiger partial charge is 0.191 e. The molecule has 0 aliphatic heterocycles. The molecule has 8 heteroatoms. The van der Waals surface area contributed by atoms with Gasteiger partial charge in [-0.25, -0.2) is 9.98 Å². The first-order valence-corrected chi connectivity index (χ1v) is 10.5. The van der Waals surface area contributed by atoms with Crippen LogP contribution in [0.15, 0.2) is 41.4 Å². The Kier molecular flexibility index (Phi) is 12.9. The summed E-state index contributed by atoms with van der Waals surface area (Å²) in [4.78, 5) is 11.4. The highest BCUT2D eigenvalue weighted by Crippen LogP contribution is 2.21. The predicted molar refractivity (Wildman–Crippen MR) is 139 cm³/mol. The van der Waals surface area contributed by atoms with Crippen molar-refractivity contribution in [3.05, 3.63) is 53.2 Å². The van der Waals surface area contributed by atoms with E-state index < -0.39 is 0 Å². The van der Waals surface area contributed by atoms with E-state index in [9.17, 15) is 0 Å². The van der Waals surface area contributed by atoms with Crippen LogP contribution < -0.4 is 20.3 Å². The molecule has 0 unspecified atom stereocenters. The molecule has 0 fully saturated rings. The van der Waals surface area contributed by atoms with Gasteiger partial charge in [0.2, 0.25) is 0 Å². The van der Waals surface area contributed by atoms with Gasteiger partial charge in [0.25, 0.3) is 0 Å². The first-order valence-electron chi connectivity index (χ1n) is 10.5. The Morgan fingerprint density at radius 2 is 1.90 bits per heavy atom. The molecular formula is C23H36IN5O2. The summed E-state index contributed by atoms with van der Waals surface area (Å²) in [7, 11) is 3.97. The van der Waals surface area contributed by atoms with Crippen LogP contribution in [-0.2, 0) is 17.8 Å². The van der Waals surface area contributed by atoms with Crippen molar-refractivity contribution in [1.82, 2.24) is 15.6 Å². The molecule has 172 valence electrons. The number of halogens is 1. The maximum Gasteiger partial charge on any atom is 0.191 e. The first-order chi connectivity index (χ1) is 14.5. The molecule has 0 radical (unpaired) electrons. The predicted octanol–water partition coefficient (Wildman–Crippen LogP) is 3.74. The lowest BCUT2D eigenvalue weighted by Crippen LogP contribution is -2.37. The molecule has 0 amide bonds. The second-order valence-corrected chi connectivity index (χ2v) is 7.09. The van der Waals surface area contributed by atoms with Crippen molar-refractivity contribution in [1.29, 1.82) is 0 Å². The van der Waals surface area contributed by atoms with Crippen LogP contribution >= 0.6 is 24.0 Å². The van der Waals surface area contributed by atoms with Crippen LogP contribution in [0.25, 0.3) is 0 Å². The minimum atomic E-state index is 0. The quantitative estimate of drug-likeness (QED) is 0.196. The van der Waals surface area contributed by atoms with E-state index >= 15 is 0 Å². The summed E-state index contributed by atoms with van der Waals surface area (Å²) < 4.78 is 11.3. The number of hydrogen-bond donors (Lipinski definition) is 2. The fourth-order valence-electron chi connectivity index (χ4n) is 2.78. The number of aromatic nitrogens is 1. The van der Waals surface area contributed by atoms with Crippen molar-refractivity contribution in [3.63, 3.8) is 0 Å². The summed E-state index contributed by atoms with van der Waals surface area (Å²) in [5.74, 6) is 2.54. The zero-order valence-corrected chi connectivity index (χ0v) is 21.6. The number of aryl methyl sites for hydroxylation is 1. The maximum atomic E-state index is 5.93. The van der Waals surface area contributed by atoms with Crippen LogP contribution in [0.4, 0.5) is 5.82 Å². The molecule has 2 rings (SSSR count). The summed E-state index contributed by atoms with van der Waals surface area (Å²) in [6.07, 6.45) is 0. The van der Waals surface area contributed by atoms with Gasteiger partial charge in [-0.3, -0.25) is 0 Å². The fourth-order valence-corrected chi connectivity index (χ4v) is 2.78. The molecule has 0 atom stereocenters. The van der Waals surface area contributed by atoms with E-state index in [1.54, 1.807) is 0 Å². The Morgan fingerprint density at radius 1 is 1.10 bits per heavy atom. The highest BCUT2D eigenvalue weighted by Gasteiger charge is 2.06. The topological polar surface area (TPSA) is 71.0 Å². The largest absolute Gasteiger partial charge is 0.491 e. The van der Waals surface area contributed by atoms with Gasteiger partial charge in [-0.05, 0) is 44.5 Å². The van der Waals surface area contributed by atoms with Crippen molar-refractivity contribution in [2.75, 3.05) is 45.4 Å². The molecule has 0 aliphatic carbocycles. The van der Waals surface area contributed by atoms with Crippen molar-refractivity contribution in [2.24, 2.45) is 4.99 Å². The second kappa shape index (κ2) is 14.9. The van der Waals surface area contributed by atoms with E-state index in [2.05, 4.69) is 41.6 Å². The Morgan fingerprint density at radius 3 is 2.61 bits per heavy atom. The lowest BCUT2D eigenvalue weighted by molar-refractivity contribution is 0.110.